The first-order valence-electron chi connectivity index (χ1n) is 14.0. The van der Waals surface area contributed by atoms with Gasteiger partial charge in [-0.2, -0.15) is 13.2 Å². The quantitative estimate of drug-likeness (QED) is 0.499. The van der Waals surface area contributed by atoms with E-state index in [-0.39, 0.29) is 23.4 Å². The van der Waals surface area contributed by atoms with E-state index in [2.05, 4.69) is 30.6 Å². The van der Waals surface area contributed by atoms with Gasteiger partial charge < -0.3 is 10.0 Å². The molecule has 3 atom stereocenters. The van der Waals surface area contributed by atoms with E-state index in [1.165, 1.54) is 12.1 Å². The lowest BCUT2D eigenvalue weighted by atomic mass is 9.82. The van der Waals surface area contributed by atoms with Gasteiger partial charge in [0.25, 0.3) is 0 Å². The second-order valence-electron chi connectivity index (χ2n) is 12.2. The molecule has 2 unspecified atom stereocenters. The zero-order valence-corrected chi connectivity index (χ0v) is 23.5. The molecule has 0 bridgehead atoms. The van der Waals surface area contributed by atoms with Crippen molar-refractivity contribution < 1.29 is 23.1 Å². The fraction of sp³-hybridized carbons (Fsp3) is 0.581. The molecule has 0 aromatic heterocycles. The van der Waals surface area contributed by atoms with Crippen molar-refractivity contribution in [3.05, 3.63) is 71.3 Å². The van der Waals surface area contributed by atoms with Crippen molar-refractivity contribution in [2.45, 2.75) is 71.4 Å². The summed E-state index contributed by atoms with van der Waals surface area (Å²) >= 11 is 0. The van der Waals surface area contributed by atoms with E-state index in [1.807, 2.05) is 35.2 Å². The van der Waals surface area contributed by atoms with Crippen LogP contribution in [0, 0.1) is 11.3 Å². The number of piperazine rings is 1. The highest BCUT2D eigenvalue weighted by Gasteiger charge is 2.41. The van der Waals surface area contributed by atoms with Crippen molar-refractivity contribution in [3.8, 4) is 0 Å². The number of hydrogen-bond donors (Lipinski definition) is 1. The van der Waals surface area contributed by atoms with E-state index < -0.39 is 18.0 Å². The van der Waals surface area contributed by atoms with Crippen molar-refractivity contribution in [1.82, 2.24) is 14.7 Å². The number of benzene rings is 2. The van der Waals surface area contributed by atoms with Crippen LogP contribution >= 0.6 is 0 Å². The lowest BCUT2D eigenvalue weighted by Gasteiger charge is -2.51. The third kappa shape index (κ3) is 7.21. The van der Waals surface area contributed by atoms with Crippen molar-refractivity contribution in [3.63, 3.8) is 0 Å². The number of hydrogen-bond acceptors (Lipinski definition) is 4. The summed E-state index contributed by atoms with van der Waals surface area (Å²) in [5, 5.41) is 11.4. The van der Waals surface area contributed by atoms with Gasteiger partial charge in [-0.15, -0.1) is 0 Å². The zero-order valence-electron chi connectivity index (χ0n) is 23.5. The maximum absolute atomic E-state index is 13.3. The summed E-state index contributed by atoms with van der Waals surface area (Å²) in [6, 6.07) is 15.3. The topological polar surface area (TPSA) is 47.0 Å². The molecule has 2 aliphatic heterocycles. The summed E-state index contributed by atoms with van der Waals surface area (Å²) in [6.45, 7) is 11.7. The number of rotatable bonds is 6. The summed E-state index contributed by atoms with van der Waals surface area (Å²) in [5.74, 6) is 0.484. The zero-order chi connectivity index (χ0) is 28.4. The minimum atomic E-state index is -4.37. The molecule has 2 aromatic carbocycles. The first-order chi connectivity index (χ1) is 18.3. The van der Waals surface area contributed by atoms with Gasteiger partial charge >= 0.3 is 6.18 Å². The molecule has 0 radical (unpaired) electrons. The smallest absolute Gasteiger partial charge is 0.378 e. The van der Waals surface area contributed by atoms with Crippen LogP contribution in [0.15, 0.2) is 54.6 Å². The molecule has 0 saturated carbocycles. The molecule has 39 heavy (non-hydrogen) atoms. The van der Waals surface area contributed by atoms with Crippen molar-refractivity contribution in [2.24, 2.45) is 11.3 Å². The number of halogens is 3. The van der Waals surface area contributed by atoms with Gasteiger partial charge in [0.05, 0.1) is 11.6 Å². The predicted molar refractivity (Wildman–Crippen MR) is 147 cm³/mol. The van der Waals surface area contributed by atoms with Gasteiger partial charge in [0.1, 0.15) is 6.23 Å². The molecule has 1 N–H and O–H groups in total. The first-order valence-corrected chi connectivity index (χ1v) is 14.0. The normalized spacial score (nSPS) is 22.1. The molecule has 0 aliphatic carbocycles. The van der Waals surface area contributed by atoms with Gasteiger partial charge in [-0.05, 0) is 53.9 Å². The second-order valence-corrected chi connectivity index (χ2v) is 12.2. The van der Waals surface area contributed by atoms with Gasteiger partial charge in [-0.25, -0.2) is 0 Å². The van der Waals surface area contributed by atoms with E-state index in [0.717, 1.165) is 37.1 Å². The van der Waals surface area contributed by atoms with E-state index >= 15 is 0 Å². The summed E-state index contributed by atoms with van der Waals surface area (Å²) in [5.41, 5.74) is 1.09. The van der Waals surface area contributed by atoms with Crippen LogP contribution in [0.3, 0.4) is 0 Å². The molecule has 8 heteroatoms. The molecule has 2 aliphatic rings. The van der Waals surface area contributed by atoms with Crippen LogP contribution in [0.2, 0.25) is 0 Å². The van der Waals surface area contributed by atoms with Crippen molar-refractivity contribution in [1.29, 1.82) is 0 Å². The highest BCUT2D eigenvalue weighted by atomic mass is 19.4. The Bertz CT molecular complexity index is 1080. The van der Waals surface area contributed by atoms with Gasteiger partial charge in [-0.1, -0.05) is 63.2 Å². The number of alkyl halides is 3. The molecule has 5 nitrogen and oxygen atoms in total. The third-order valence-corrected chi connectivity index (χ3v) is 8.47. The van der Waals surface area contributed by atoms with E-state index in [0.29, 0.717) is 32.0 Å². The Morgan fingerprint density at radius 2 is 1.51 bits per heavy atom. The van der Waals surface area contributed by atoms with E-state index in [9.17, 15) is 23.1 Å². The Labute approximate surface area is 230 Å². The number of piperidine rings is 1. The average Bonchev–Trinajstić information content (AvgIpc) is 2.89. The van der Waals surface area contributed by atoms with Crippen molar-refractivity contribution in [2.75, 3.05) is 32.7 Å². The average molecular weight is 546 g/mol. The summed E-state index contributed by atoms with van der Waals surface area (Å²) in [4.78, 5) is 18.1. The lowest BCUT2D eigenvalue weighted by Crippen LogP contribution is -2.61. The van der Waals surface area contributed by atoms with Crippen molar-refractivity contribution >= 4 is 5.91 Å². The first kappa shape index (κ1) is 29.6. The Balaban J connectivity index is 1.54. The minimum Gasteiger partial charge on any atom is -0.378 e. The second kappa shape index (κ2) is 12.0. The van der Waals surface area contributed by atoms with Gasteiger partial charge in [-0.3, -0.25) is 14.6 Å². The summed E-state index contributed by atoms with van der Waals surface area (Å²) < 4.78 is 39.8. The molecule has 2 saturated heterocycles. The Kier molecular flexibility index (Phi) is 9.08. The highest BCUT2D eigenvalue weighted by Crippen LogP contribution is 2.38. The Hall–Kier alpha value is -2.42. The molecule has 2 heterocycles. The van der Waals surface area contributed by atoms with Gasteiger partial charge in [0, 0.05) is 45.7 Å². The molecular weight excluding hydrogens is 503 g/mol. The maximum Gasteiger partial charge on any atom is 0.416 e. The number of amides is 1. The molecule has 4 rings (SSSR count). The molecule has 2 fully saturated rings. The van der Waals surface area contributed by atoms with E-state index in [1.54, 1.807) is 19.1 Å². The van der Waals surface area contributed by atoms with Gasteiger partial charge in [0.15, 0.2) is 0 Å². The fourth-order valence-electron chi connectivity index (χ4n) is 6.20. The molecule has 0 spiro atoms. The Morgan fingerprint density at radius 3 is 2.05 bits per heavy atom. The highest BCUT2D eigenvalue weighted by molar-refractivity contribution is 5.73. The summed E-state index contributed by atoms with van der Waals surface area (Å²) in [6.07, 6.45) is -2.46. The molecule has 214 valence electrons. The summed E-state index contributed by atoms with van der Waals surface area (Å²) in [7, 11) is 0. The molecular formula is C31H42F3N3O2. The largest absolute Gasteiger partial charge is 0.416 e. The SMILES string of the molecule is CC(=O)N1CCC(CC(O)N2CCN(C(c3ccccc3)c3ccc(C(F)(F)F)cc3)C[C@@H]2C(C)(C)C)CC1. The predicted octanol–water partition coefficient (Wildman–Crippen LogP) is 5.79. The van der Waals surface area contributed by atoms with Crippen LogP contribution in [0.1, 0.15) is 69.7 Å². The number of carbonyl (C=O) groups is 1. The number of aliphatic hydroxyl groups is 1. The van der Waals surface area contributed by atoms with E-state index in [4.69, 9.17) is 0 Å². The number of nitrogens with zero attached hydrogens (tertiary/aromatic N) is 3. The van der Waals surface area contributed by atoms with Crippen LogP contribution in [0.5, 0.6) is 0 Å². The van der Waals surface area contributed by atoms with Crippen LogP contribution in [0.25, 0.3) is 0 Å². The standard InChI is InChI=1S/C31H42F3N3O2/c1-22(38)35-16-14-23(15-17-35)20-28(39)37-19-18-36(21-27(37)30(2,3)4)29(24-8-6-5-7-9-24)25-10-12-26(13-11-25)31(32,33)34/h5-13,23,27-29,39H,14-21H2,1-4H3/t27-,28?,29?/m1/s1. The monoisotopic (exact) mass is 545 g/mol. The minimum absolute atomic E-state index is 0.0548. The van der Waals surface area contributed by atoms with Crippen LogP contribution in [0.4, 0.5) is 13.2 Å². The number of aliphatic hydroxyl groups excluding tert-OH is 1. The molecule has 2 aromatic rings. The van der Waals surface area contributed by atoms with Crippen LogP contribution in [-0.4, -0.2) is 70.7 Å². The van der Waals surface area contributed by atoms with Crippen LogP contribution in [-0.2, 0) is 11.0 Å². The fourth-order valence-corrected chi connectivity index (χ4v) is 6.20. The number of carbonyl (C=O) groups excluding carboxylic acids is 1. The maximum atomic E-state index is 13.3. The van der Waals surface area contributed by atoms with Gasteiger partial charge in [0.2, 0.25) is 5.91 Å². The number of likely N-dealkylation sites (tertiary alicyclic amines) is 1. The van der Waals surface area contributed by atoms with Crippen LogP contribution < -0.4 is 0 Å². The third-order valence-electron chi connectivity index (χ3n) is 8.47. The lowest BCUT2D eigenvalue weighted by molar-refractivity contribution is -0.137. The molecule has 1 amide bonds. The Morgan fingerprint density at radius 1 is 0.923 bits per heavy atom.